The van der Waals surface area contributed by atoms with Crippen molar-refractivity contribution in [3.05, 3.63) is 57.1 Å². The number of aromatic nitrogens is 1. The van der Waals surface area contributed by atoms with E-state index in [-0.39, 0.29) is 23.1 Å². The maximum Gasteiger partial charge on any atom is 0.416 e. The van der Waals surface area contributed by atoms with Crippen molar-refractivity contribution in [3.8, 4) is 0 Å². The summed E-state index contributed by atoms with van der Waals surface area (Å²) >= 11 is 0. The molecule has 1 aromatic heterocycles. The Morgan fingerprint density at radius 3 is 2.65 bits per heavy atom. The van der Waals surface area contributed by atoms with Gasteiger partial charge in [-0.05, 0) is 43.5 Å². The first-order chi connectivity index (χ1) is 10.8. The Morgan fingerprint density at radius 2 is 2.04 bits per heavy atom. The van der Waals surface area contributed by atoms with Crippen LogP contribution in [0.1, 0.15) is 47.3 Å². The number of alkyl halides is 3. The molecule has 0 spiro atoms. The third-order valence-corrected chi connectivity index (χ3v) is 4.31. The number of benzene rings is 1. The first kappa shape index (κ1) is 15.9. The second-order valence-electron chi connectivity index (χ2n) is 5.92. The van der Waals surface area contributed by atoms with Gasteiger partial charge in [0.1, 0.15) is 5.76 Å². The van der Waals surface area contributed by atoms with E-state index < -0.39 is 11.7 Å². The third-order valence-electron chi connectivity index (χ3n) is 4.31. The van der Waals surface area contributed by atoms with Gasteiger partial charge >= 0.3 is 6.18 Å². The van der Waals surface area contributed by atoms with E-state index in [1.165, 1.54) is 19.1 Å². The summed E-state index contributed by atoms with van der Waals surface area (Å²) < 4.78 is 43.7. The summed E-state index contributed by atoms with van der Waals surface area (Å²) in [6.07, 6.45) is -2.85. The van der Waals surface area contributed by atoms with Crippen molar-refractivity contribution in [2.24, 2.45) is 0 Å². The second-order valence-corrected chi connectivity index (χ2v) is 5.92. The Morgan fingerprint density at radius 1 is 1.26 bits per heavy atom. The van der Waals surface area contributed by atoms with Crippen LogP contribution in [0.15, 0.2) is 33.6 Å². The predicted molar refractivity (Wildman–Crippen MR) is 78.2 cm³/mol. The molecule has 0 saturated carbocycles. The molecule has 3 rings (SSSR count). The number of H-pyrrole nitrogens is 1. The lowest BCUT2D eigenvalue weighted by Gasteiger charge is -2.29. The minimum atomic E-state index is -4.33. The summed E-state index contributed by atoms with van der Waals surface area (Å²) in [6.45, 7) is 2.18. The molecule has 0 bridgehead atoms. The molecule has 2 N–H and O–H groups in total. The van der Waals surface area contributed by atoms with Gasteiger partial charge in [0.25, 0.3) is 5.56 Å². The van der Waals surface area contributed by atoms with E-state index in [1.54, 1.807) is 6.07 Å². The standard InChI is InChI=1S/C16H17F3N2O2/c1-9-6-10(2-3-12(9)16(17,18)19)13-7-11(4-5-20-13)14-8-15(22)21-23-14/h2-3,6,8,11,13,20H,4-5,7H2,1H3,(H,21,22). The zero-order valence-electron chi connectivity index (χ0n) is 12.5. The van der Waals surface area contributed by atoms with E-state index in [0.29, 0.717) is 18.7 Å². The number of nitrogens with one attached hydrogen (secondary N) is 2. The fourth-order valence-electron chi connectivity index (χ4n) is 3.15. The number of rotatable bonds is 2. The summed E-state index contributed by atoms with van der Waals surface area (Å²) in [6, 6.07) is 5.60. The topological polar surface area (TPSA) is 58.0 Å². The van der Waals surface area contributed by atoms with Crippen LogP contribution < -0.4 is 10.9 Å². The van der Waals surface area contributed by atoms with Gasteiger partial charge in [-0.15, -0.1) is 0 Å². The minimum Gasteiger partial charge on any atom is -0.383 e. The molecule has 0 aliphatic carbocycles. The zero-order valence-corrected chi connectivity index (χ0v) is 12.5. The maximum absolute atomic E-state index is 12.8. The molecule has 2 atom stereocenters. The predicted octanol–water partition coefficient (Wildman–Crippen LogP) is 3.50. The molecule has 2 aromatic rings. The number of hydrogen-bond donors (Lipinski definition) is 2. The molecule has 2 unspecified atom stereocenters. The van der Waals surface area contributed by atoms with Crippen LogP contribution in [0.3, 0.4) is 0 Å². The summed E-state index contributed by atoms with van der Waals surface area (Å²) in [5.41, 5.74) is 0.149. The fourth-order valence-corrected chi connectivity index (χ4v) is 3.15. The number of aromatic amines is 1. The molecule has 1 fully saturated rings. The quantitative estimate of drug-likeness (QED) is 0.888. The molecular formula is C16H17F3N2O2. The molecule has 2 heterocycles. The highest BCUT2D eigenvalue weighted by Gasteiger charge is 2.33. The van der Waals surface area contributed by atoms with Crippen molar-refractivity contribution >= 4 is 0 Å². The first-order valence-electron chi connectivity index (χ1n) is 7.44. The summed E-state index contributed by atoms with van der Waals surface area (Å²) in [5, 5.41) is 5.59. The van der Waals surface area contributed by atoms with Crippen LogP contribution in [0.25, 0.3) is 0 Å². The highest BCUT2D eigenvalue weighted by molar-refractivity contribution is 5.35. The molecule has 1 aliphatic rings. The van der Waals surface area contributed by atoms with Crippen LogP contribution in [0.5, 0.6) is 0 Å². The van der Waals surface area contributed by atoms with Gasteiger partial charge in [-0.1, -0.05) is 12.1 Å². The number of aryl methyl sites for hydroxylation is 1. The van der Waals surface area contributed by atoms with Crippen LogP contribution in [-0.2, 0) is 6.18 Å². The smallest absolute Gasteiger partial charge is 0.383 e. The van der Waals surface area contributed by atoms with Gasteiger partial charge in [0, 0.05) is 18.0 Å². The molecule has 0 amide bonds. The molecule has 1 aliphatic heterocycles. The van der Waals surface area contributed by atoms with Crippen LogP contribution in [0.4, 0.5) is 13.2 Å². The summed E-state index contributed by atoms with van der Waals surface area (Å²) in [5.74, 6) is 0.674. The number of halogens is 3. The van der Waals surface area contributed by atoms with Gasteiger partial charge in [-0.3, -0.25) is 4.79 Å². The first-order valence-corrected chi connectivity index (χ1v) is 7.44. The van der Waals surface area contributed by atoms with Gasteiger partial charge in [0.2, 0.25) is 0 Å². The van der Waals surface area contributed by atoms with Gasteiger partial charge in [-0.25, -0.2) is 0 Å². The SMILES string of the molecule is Cc1cc(C2CC(c3cc(=O)[nH]o3)CCN2)ccc1C(F)(F)F. The third kappa shape index (κ3) is 3.34. The maximum atomic E-state index is 12.8. The molecule has 1 saturated heterocycles. The average Bonchev–Trinajstić information content (AvgIpc) is 2.92. The fraction of sp³-hybridized carbons (Fsp3) is 0.438. The van der Waals surface area contributed by atoms with Crippen LogP contribution >= 0.6 is 0 Å². The van der Waals surface area contributed by atoms with E-state index in [9.17, 15) is 18.0 Å². The Balaban J connectivity index is 1.81. The Kier molecular flexibility index (Phi) is 4.06. The number of piperidine rings is 1. The monoisotopic (exact) mass is 326 g/mol. The lowest BCUT2D eigenvalue weighted by atomic mass is 9.86. The molecule has 23 heavy (non-hydrogen) atoms. The molecule has 1 aromatic carbocycles. The van der Waals surface area contributed by atoms with Crippen molar-refractivity contribution in [1.82, 2.24) is 10.5 Å². The van der Waals surface area contributed by atoms with E-state index in [0.717, 1.165) is 18.1 Å². The van der Waals surface area contributed by atoms with Crippen LogP contribution in [-0.4, -0.2) is 11.7 Å². The molecular weight excluding hydrogens is 309 g/mol. The Labute approximate surface area is 130 Å². The highest BCUT2D eigenvalue weighted by Crippen LogP contribution is 2.36. The van der Waals surface area contributed by atoms with Crippen molar-refractivity contribution in [1.29, 1.82) is 0 Å². The molecule has 4 nitrogen and oxygen atoms in total. The summed E-state index contributed by atoms with van der Waals surface area (Å²) in [7, 11) is 0. The van der Waals surface area contributed by atoms with Crippen LogP contribution in [0.2, 0.25) is 0 Å². The molecule has 7 heteroatoms. The molecule has 0 radical (unpaired) electrons. The number of hydrogen-bond acceptors (Lipinski definition) is 3. The van der Waals surface area contributed by atoms with E-state index in [4.69, 9.17) is 4.52 Å². The highest BCUT2D eigenvalue weighted by atomic mass is 19.4. The van der Waals surface area contributed by atoms with Crippen LogP contribution in [0, 0.1) is 6.92 Å². The van der Waals surface area contributed by atoms with E-state index in [2.05, 4.69) is 10.5 Å². The average molecular weight is 326 g/mol. The Bertz CT molecular complexity index is 748. The van der Waals surface area contributed by atoms with E-state index in [1.807, 2.05) is 0 Å². The largest absolute Gasteiger partial charge is 0.416 e. The van der Waals surface area contributed by atoms with Gasteiger partial charge in [0.05, 0.1) is 5.56 Å². The lowest BCUT2D eigenvalue weighted by Crippen LogP contribution is -2.31. The Hall–Kier alpha value is -2.02. The van der Waals surface area contributed by atoms with Gasteiger partial charge in [0.15, 0.2) is 0 Å². The second kappa shape index (κ2) is 5.88. The zero-order chi connectivity index (χ0) is 16.6. The van der Waals surface area contributed by atoms with Crippen molar-refractivity contribution < 1.29 is 17.7 Å². The van der Waals surface area contributed by atoms with Gasteiger partial charge in [-0.2, -0.15) is 18.3 Å². The molecule has 124 valence electrons. The normalized spacial score (nSPS) is 22.3. The van der Waals surface area contributed by atoms with Gasteiger partial charge < -0.3 is 9.84 Å². The van der Waals surface area contributed by atoms with Crippen molar-refractivity contribution in [3.63, 3.8) is 0 Å². The lowest BCUT2D eigenvalue weighted by molar-refractivity contribution is -0.138. The summed E-state index contributed by atoms with van der Waals surface area (Å²) in [4.78, 5) is 11.2. The minimum absolute atomic E-state index is 0.0602. The van der Waals surface area contributed by atoms with Crippen molar-refractivity contribution in [2.75, 3.05) is 6.54 Å². The van der Waals surface area contributed by atoms with E-state index >= 15 is 0 Å². The van der Waals surface area contributed by atoms with Crippen molar-refractivity contribution in [2.45, 2.75) is 37.9 Å².